The summed E-state index contributed by atoms with van der Waals surface area (Å²) in [7, 11) is 0. The molecular weight excluding hydrogens is 213 g/mol. The minimum atomic E-state index is -1.09. The Morgan fingerprint density at radius 3 is 2.88 bits per heavy atom. The molecule has 0 aliphatic rings. The molecule has 0 radical (unpaired) electrons. The Labute approximate surface area is 91.9 Å². The molecule has 0 amide bonds. The van der Waals surface area contributed by atoms with Crippen molar-refractivity contribution in [3.63, 3.8) is 0 Å². The highest BCUT2D eigenvalue weighted by Crippen LogP contribution is 2.10. The van der Waals surface area contributed by atoms with Crippen molar-refractivity contribution in [2.45, 2.75) is 19.6 Å². The van der Waals surface area contributed by atoms with Crippen molar-refractivity contribution in [2.75, 3.05) is 0 Å². The zero-order valence-electron chi connectivity index (χ0n) is 8.61. The molecule has 1 aromatic carbocycles. The monoisotopic (exact) mass is 223 g/mol. The largest absolute Gasteiger partial charge is 0.479 e. The van der Waals surface area contributed by atoms with E-state index in [1.54, 1.807) is 6.07 Å². The summed E-state index contributed by atoms with van der Waals surface area (Å²) in [5.74, 6) is -1.63. The highest BCUT2D eigenvalue weighted by atomic mass is 19.1. The number of nitrogens with zero attached hydrogens (tertiary/aromatic N) is 1. The summed E-state index contributed by atoms with van der Waals surface area (Å²) in [4.78, 5) is 10.5. The molecule has 0 aliphatic heterocycles. The number of halogens is 1. The van der Waals surface area contributed by atoms with E-state index in [9.17, 15) is 9.18 Å². The van der Waals surface area contributed by atoms with Gasteiger partial charge in [0.2, 0.25) is 0 Å². The van der Waals surface area contributed by atoms with Crippen molar-refractivity contribution < 1.29 is 19.0 Å². The van der Waals surface area contributed by atoms with Crippen LogP contribution in [0.15, 0.2) is 18.2 Å². The number of carbonyl (C=O) groups is 1. The molecule has 16 heavy (non-hydrogen) atoms. The molecule has 0 fully saturated rings. The summed E-state index contributed by atoms with van der Waals surface area (Å²) in [5, 5.41) is 17.2. The van der Waals surface area contributed by atoms with Gasteiger partial charge >= 0.3 is 5.97 Å². The molecule has 1 rings (SSSR count). The Kier molecular flexibility index (Phi) is 3.97. The van der Waals surface area contributed by atoms with E-state index >= 15 is 0 Å². The van der Waals surface area contributed by atoms with Gasteiger partial charge in [-0.1, -0.05) is 0 Å². The lowest BCUT2D eigenvalue weighted by molar-refractivity contribution is -0.149. The van der Waals surface area contributed by atoms with Crippen LogP contribution in [-0.2, 0) is 16.1 Å². The zero-order chi connectivity index (χ0) is 12.1. The Morgan fingerprint density at radius 1 is 1.62 bits per heavy atom. The van der Waals surface area contributed by atoms with E-state index in [2.05, 4.69) is 0 Å². The minimum absolute atomic E-state index is 0.0418. The maximum Gasteiger partial charge on any atom is 0.332 e. The molecule has 0 spiro atoms. The van der Waals surface area contributed by atoms with Gasteiger partial charge in [0.05, 0.1) is 18.2 Å². The van der Waals surface area contributed by atoms with Gasteiger partial charge in [-0.3, -0.25) is 0 Å². The number of ether oxygens (including phenoxy) is 1. The van der Waals surface area contributed by atoms with Crippen LogP contribution < -0.4 is 0 Å². The molecule has 1 aromatic rings. The quantitative estimate of drug-likeness (QED) is 0.843. The van der Waals surface area contributed by atoms with Gasteiger partial charge in [0, 0.05) is 0 Å². The number of hydrogen-bond donors (Lipinski definition) is 1. The Morgan fingerprint density at radius 2 is 2.31 bits per heavy atom. The van der Waals surface area contributed by atoms with Crippen LogP contribution in [0.5, 0.6) is 0 Å². The Bertz CT molecular complexity index is 439. The molecule has 0 unspecified atom stereocenters. The van der Waals surface area contributed by atoms with Crippen LogP contribution in [0, 0.1) is 17.1 Å². The van der Waals surface area contributed by atoms with Crippen LogP contribution in [0.2, 0.25) is 0 Å². The van der Waals surface area contributed by atoms with E-state index in [1.165, 1.54) is 19.1 Å². The van der Waals surface area contributed by atoms with Gasteiger partial charge in [-0.05, 0) is 30.7 Å². The molecule has 4 nitrogen and oxygen atoms in total. The normalized spacial score (nSPS) is 11.8. The van der Waals surface area contributed by atoms with Crippen LogP contribution in [0.4, 0.5) is 4.39 Å². The molecule has 0 aromatic heterocycles. The SMILES string of the molecule is C[C@@H](OCc1cc(F)cc(C#N)c1)C(=O)O. The predicted octanol–water partition coefficient (Wildman–Crippen LogP) is 1.69. The fourth-order valence-electron chi connectivity index (χ4n) is 1.09. The van der Waals surface area contributed by atoms with E-state index in [1.807, 2.05) is 0 Å². The molecule has 5 heteroatoms. The van der Waals surface area contributed by atoms with E-state index in [0.717, 1.165) is 6.07 Å². The van der Waals surface area contributed by atoms with Crippen LogP contribution >= 0.6 is 0 Å². The average molecular weight is 223 g/mol. The summed E-state index contributed by atoms with van der Waals surface area (Å²) in [6.07, 6.45) is -0.964. The maximum atomic E-state index is 13.0. The molecule has 0 saturated carbocycles. The molecule has 0 saturated heterocycles. The molecular formula is C11H10FNO3. The number of carboxylic acids is 1. The van der Waals surface area contributed by atoms with Crippen molar-refractivity contribution in [3.05, 3.63) is 35.1 Å². The number of rotatable bonds is 4. The second kappa shape index (κ2) is 5.24. The van der Waals surface area contributed by atoms with Crippen molar-refractivity contribution in [3.8, 4) is 6.07 Å². The Hall–Kier alpha value is -1.93. The highest BCUT2D eigenvalue weighted by Gasteiger charge is 2.11. The van der Waals surface area contributed by atoms with Crippen molar-refractivity contribution in [2.24, 2.45) is 0 Å². The molecule has 0 aliphatic carbocycles. The van der Waals surface area contributed by atoms with Crippen LogP contribution in [0.3, 0.4) is 0 Å². The van der Waals surface area contributed by atoms with Gasteiger partial charge < -0.3 is 9.84 Å². The maximum absolute atomic E-state index is 13.0. The minimum Gasteiger partial charge on any atom is -0.479 e. The van der Waals surface area contributed by atoms with Gasteiger partial charge in [0.25, 0.3) is 0 Å². The van der Waals surface area contributed by atoms with Gasteiger partial charge in [-0.25, -0.2) is 9.18 Å². The average Bonchev–Trinajstić information content (AvgIpc) is 2.24. The van der Waals surface area contributed by atoms with Gasteiger partial charge in [0.1, 0.15) is 5.82 Å². The highest BCUT2D eigenvalue weighted by molar-refractivity contribution is 5.71. The molecule has 1 N–H and O–H groups in total. The summed E-state index contributed by atoms with van der Waals surface area (Å²) < 4.78 is 17.9. The fraction of sp³-hybridized carbons (Fsp3) is 0.273. The third kappa shape index (κ3) is 3.33. The van der Waals surface area contributed by atoms with E-state index in [4.69, 9.17) is 15.1 Å². The zero-order valence-corrected chi connectivity index (χ0v) is 8.61. The smallest absolute Gasteiger partial charge is 0.332 e. The number of hydrogen-bond acceptors (Lipinski definition) is 3. The fourth-order valence-corrected chi connectivity index (χ4v) is 1.09. The van der Waals surface area contributed by atoms with Crippen LogP contribution in [-0.4, -0.2) is 17.2 Å². The van der Waals surface area contributed by atoms with E-state index < -0.39 is 17.9 Å². The molecule has 84 valence electrons. The number of nitriles is 1. The van der Waals surface area contributed by atoms with Crippen LogP contribution in [0.25, 0.3) is 0 Å². The number of carboxylic acid groups (broad SMARTS) is 1. The van der Waals surface area contributed by atoms with Crippen LogP contribution in [0.1, 0.15) is 18.1 Å². The molecule has 1 atom stereocenters. The van der Waals surface area contributed by atoms with Crippen molar-refractivity contribution >= 4 is 5.97 Å². The summed E-state index contributed by atoms with van der Waals surface area (Å²) in [6, 6.07) is 5.57. The van der Waals surface area contributed by atoms with Crippen molar-refractivity contribution in [1.82, 2.24) is 0 Å². The van der Waals surface area contributed by atoms with Gasteiger partial charge in [-0.15, -0.1) is 0 Å². The standard InChI is InChI=1S/C11H10FNO3/c1-7(11(14)15)16-6-9-2-8(5-13)3-10(12)4-9/h2-4,7H,6H2,1H3,(H,14,15)/t7-/m1/s1. The predicted molar refractivity (Wildman–Crippen MR) is 53.0 cm³/mol. The van der Waals surface area contributed by atoms with E-state index in [-0.39, 0.29) is 12.2 Å². The second-order valence-corrected chi connectivity index (χ2v) is 3.25. The molecule has 0 heterocycles. The first-order valence-corrected chi connectivity index (χ1v) is 4.57. The lowest BCUT2D eigenvalue weighted by Gasteiger charge is -2.08. The third-order valence-electron chi connectivity index (χ3n) is 1.93. The second-order valence-electron chi connectivity index (χ2n) is 3.25. The lowest BCUT2D eigenvalue weighted by Crippen LogP contribution is -2.19. The lowest BCUT2D eigenvalue weighted by atomic mass is 10.1. The third-order valence-corrected chi connectivity index (χ3v) is 1.93. The van der Waals surface area contributed by atoms with Crippen molar-refractivity contribution in [1.29, 1.82) is 5.26 Å². The first-order valence-electron chi connectivity index (χ1n) is 4.57. The number of benzene rings is 1. The Balaban J connectivity index is 2.71. The topological polar surface area (TPSA) is 70.3 Å². The first-order chi connectivity index (χ1) is 7.52. The summed E-state index contributed by atoms with van der Waals surface area (Å²) >= 11 is 0. The number of aliphatic carboxylic acids is 1. The first kappa shape index (κ1) is 12.1. The van der Waals surface area contributed by atoms with Gasteiger partial charge in [0.15, 0.2) is 6.10 Å². The summed E-state index contributed by atoms with van der Waals surface area (Å²) in [6.45, 7) is 1.34. The van der Waals surface area contributed by atoms with Gasteiger partial charge in [-0.2, -0.15) is 5.26 Å². The molecule has 0 bridgehead atoms. The summed E-state index contributed by atoms with van der Waals surface area (Å²) in [5.41, 5.74) is 0.617. The van der Waals surface area contributed by atoms with E-state index in [0.29, 0.717) is 5.56 Å².